The van der Waals surface area contributed by atoms with Crippen LogP contribution in [-0.4, -0.2) is 40.0 Å². The van der Waals surface area contributed by atoms with Crippen LogP contribution in [0.4, 0.5) is 11.8 Å². The molecule has 0 radical (unpaired) electrons. The number of hydrogen-bond donors (Lipinski definition) is 2. The van der Waals surface area contributed by atoms with E-state index >= 15 is 0 Å². The van der Waals surface area contributed by atoms with Gasteiger partial charge < -0.3 is 11.1 Å². The van der Waals surface area contributed by atoms with Crippen molar-refractivity contribution in [3.05, 3.63) is 12.3 Å². The molecule has 1 aromatic heterocycles. The Hall–Kier alpha value is -1.36. The summed E-state index contributed by atoms with van der Waals surface area (Å²) in [5, 5.41) is 3.42. The van der Waals surface area contributed by atoms with Gasteiger partial charge in [-0.15, -0.1) is 0 Å². The van der Waals surface area contributed by atoms with Crippen LogP contribution in [0.2, 0.25) is 0 Å². The van der Waals surface area contributed by atoms with Gasteiger partial charge in [0.25, 0.3) is 0 Å². The summed E-state index contributed by atoms with van der Waals surface area (Å²) in [5.74, 6) is 1.18. The van der Waals surface area contributed by atoms with Crippen LogP contribution < -0.4 is 11.1 Å². The lowest BCUT2D eigenvalue weighted by molar-refractivity contribution is 0.326. The highest BCUT2D eigenvalue weighted by Crippen LogP contribution is 2.30. The van der Waals surface area contributed by atoms with Crippen LogP contribution in [0.3, 0.4) is 0 Å². The Bertz CT molecular complexity index is 376. The zero-order valence-corrected chi connectivity index (χ0v) is 9.26. The molecular formula is C11H17N5. The summed E-state index contributed by atoms with van der Waals surface area (Å²) >= 11 is 0. The Kier molecular flexibility index (Phi) is 2.40. The Morgan fingerprint density at radius 2 is 2.25 bits per heavy atom. The molecule has 0 spiro atoms. The number of nitrogens with two attached hydrogens (primary N) is 1. The zero-order valence-electron chi connectivity index (χ0n) is 9.26. The van der Waals surface area contributed by atoms with E-state index in [1.807, 2.05) is 6.07 Å². The van der Waals surface area contributed by atoms with Gasteiger partial charge in [0.15, 0.2) is 0 Å². The van der Waals surface area contributed by atoms with Crippen molar-refractivity contribution in [2.75, 3.05) is 24.1 Å². The fourth-order valence-corrected chi connectivity index (χ4v) is 2.34. The van der Waals surface area contributed by atoms with Crippen molar-refractivity contribution < 1.29 is 0 Å². The molecule has 2 fully saturated rings. The number of aromatic nitrogens is 2. The Morgan fingerprint density at radius 3 is 3.00 bits per heavy atom. The van der Waals surface area contributed by atoms with Crippen LogP contribution in [0.15, 0.2) is 12.3 Å². The van der Waals surface area contributed by atoms with E-state index in [0.717, 1.165) is 18.4 Å². The fourth-order valence-electron chi connectivity index (χ4n) is 2.34. The summed E-state index contributed by atoms with van der Waals surface area (Å²) < 4.78 is 0. The maximum Gasteiger partial charge on any atom is 0.221 e. The van der Waals surface area contributed by atoms with Crippen LogP contribution in [0.25, 0.3) is 0 Å². The molecular weight excluding hydrogens is 202 g/mol. The Labute approximate surface area is 95.1 Å². The van der Waals surface area contributed by atoms with E-state index in [1.165, 1.54) is 25.8 Å². The van der Waals surface area contributed by atoms with Crippen molar-refractivity contribution in [2.24, 2.45) is 0 Å². The first-order valence-corrected chi connectivity index (χ1v) is 5.90. The van der Waals surface area contributed by atoms with Crippen molar-refractivity contribution in [2.45, 2.75) is 31.3 Å². The van der Waals surface area contributed by atoms with Crippen LogP contribution >= 0.6 is 0 Å². The summed E-state index contributed by atoms with van der Waals surface area (Å²) in [4.78, 5) is 10.6. The van der Waals surface area contributed by atoms with Gasteiger partial charge in [-0.3, -0.25) is 4.90 Å². The van der Waals surface area contributed by atoms with E-state index in [-0.39, 0.29) is 0 Å². The van der Waals surface area contributed by atoms with Crippen molar-refractivity contribution in [1.82, 2.24) is 14.9 Å². The molecule has 0 aromatic carbocycles. The third-order valence-electron chi connectivity index (χ3n) is 3.31. The lowest BCUT2D eigenvalue weighted by Crippen LogP contribution is -2.28. The molecule has 1 saturated heterocycles. The monoisotopic (exact) mass is 219 g/mol. The largest absolute Gasteiger partial charge is 0.368 e. The molecule has 1 atom stereocenters. The van der Waals surface area contributed by atoms with Crippen molar-refractivity contribution in [1.29, 1.82) is 0 Å². The highest BCUT2D eigenvalue weighted by molar-refractivity contribution is 5.38. The predicted molar refractivity (Wildman–Crippen MR) is 63.1 cm³/mol. The highest BCUT2D eigenvalue weighted by atomic mass is 15.2. The molecule has 0 bridgehead atoms. The van der Waals surface area contributed by atoms with Gasteiger partial charge >= 0.3 is 0 Å². The van der Waals surface area contributed by atoms with Gasteiger partial charge in [0, 0.05) is 31.4 Å². The van der Waals surface area contributed by atoms with Crippen LogP contribution in [0.1, 0.15) is 19.3 Å². The number of nitrogens with zero attached hydrogens (tertiary/aromatic N) is 3. The third-order valence-corrected chi connectivity index (χ3v) is 3.31. The molecule has 16 heavy (non-hydrogen) atoms. The van der Waals surface area contributed by atoms with Gasteiger partial charge in [0.2, 0.25) is 5.95 Å². The SMILES string of the molecule is Nc1nccc(NC2CCN(C3CC3)C2)n1. The van der Waals surface area contributed by atoms with Crippen LogP contribution in [0.5, 0.6) is 0 Å². The molecule has 1 aliphatic heterocycles. The van der Waals surface area contributed by atoms with Gasteiger partial charge in [0.1, 0.15) is 5.82 Å². The molecule has 2 heterocycles. The standard InChI is InChI=1S/C11H17N5/c12-11-13-5-3-10(15-11)14-8-4-6-16(7-8)9-1-2-9/h3,5,8-9H,1-2,4,6-7H2,(H3,12,13,14,15). The fraction of sp³-hybridized carbons (Fsp3) is 0.636. The van der Waals surface area contributed by atoms with Crippen molar-refractivity contribution in [3.8, 4) is 0 Å². The summed E-state index contributed by atoms with van der Waals surface area (Å²) in [6, 6.07) is 3.24. The summed E-state index contributed by atoms with van der Waals surface area (Å²) in [7, 11) is 0. The molecule has 1 aromatic rings. The molecule has 1 saturated carbocycles. The van der Waals surface area contributed by atoms with Gasteiger partial charge in [-0.25, -0.2) is 4.98 Å². The Morgan fingerprint density at radius 1 is 1.38 bits per heavy atom. The quantitative estimate of drug-likeness (QED) is 0.783. The second kappa shape index (κ2) is 3.90. The number of likely N-dealkylation sites (tertiary alicyclic amines) is 1. The molecule has 3 N–H and O–H groups in total. The number of hydrogen-bond acceptors (Lipinski definition) is 5. The summed E-state index contributed by atoms with van der Waals surface area (Å²) in [5.41, 5.74) is 5.55. The second-order valence-corrected chi connectivity index (χ2v) is 4.66. The van der Waals surface area contributed by atoms with Gasteiger partial charge in [-0.1, -0.05) is 0 Å². The predicted octanol–water partition coefficient (Wildman–Crippen LogP) is 0.707. The number of anilines is 2. The minimum Gasteiger partial charge on any atom is -0.368 e. The molecule has 86 valence electrons. The third kappa shape index (κ3) is 2.09. The van der Waals surface area contributed by atoms with E-state index in [2.05, 4.69) is 20.2 Å². The zero-order chi connectivity index (χ0) is 11.0. The molecule has 1 aliphatic carbocycles. The molecule has 1 unspecified atom stereocenters. The smallest absolute Gasteiger partial charge is 0.221 e. The van der Waals surface area contributed by atoms with E-state index in [4.69, 9.17) is 5.73 Å². The first-order valence-electron chi connectivity index (χ1n) is 5.90. The van der Waals surface area contributed by atoms with Crippen LogP contribution in [0, 0.1) is 0 Å². The topological polar surface area (TPSA) is 67.1 Å². The molecule has 0 amide bonds. The van der Waals surface area contributed by atoms with E-state index in [0.29, 0.717) is 12.0 Å². The summed E-state index contributed by atoms with van der Waals surface area (Å²) in [6.07, 6.45) is 5.65. The van der Waals surface area contributed by atoms with Gasteiger partial charge in [-0.2, -0.15) is 4.98 Å². The maximum atomic E-state index is 5.55. The number of nitrogen functional groups attached to an aromatic ring is 1. The first-order chi connectivity index (χ1) is 7.81. The van der Waals surface area contributed by atoms with E-state index in [1.54, 1.807) is 6.20 Å². The molecule has 3 rings (SSSR count). The highest BCUT2D eigenvalue weighted by Gasteiger charge is 2.34. The van der Waals surface area contributed by atoms with E-state index in [9.17, 15) is 0 Å². The minimum atomic E-state index is 0.335. The minimum absolute atomic E-state index is 0.335. The summed E-state index contributed by atoms with van der Waals surface area (Å²) in [6.45, 7) is 2.34. The van der Waals surface area contributed by atoms with E-state index < -0.39 is 0 Å². The number of rotatable bonds is 3. The first kappa shape index (κ1) is 9.84. The molecule has 2 aliphatic rings. The normalized spacial score (nSPS) is 25.9. The average molecular weight is 219 g/mol. The Balaban J connectivity index is 1.59. The van der Waals surface area contributed by atoms with Crippen molar-refractivity contribution in [3.63, 3.8) is 0 Å². The van der Waals surface area contributed by atoms with Crippen molar-refractivity contribution >= 4 is 11.8 Å². The van der Waals surface area contributed by atoms with Crippen LogP contribution in [-0.2, 0) is 0 Å². The maximum absolute atomic E-state index is 5.55. The lowest BCUT2D eigenvalue weighted by Gasteiger charge is -2.16. The number of nitrogens with one attached hydrogen (secondary N) is 1. The molecule has 5 heteroatoms. The molecule has 5 nitrogen and oxygen atoms in total. The lowest BCUT2D eigenvalue weighted by atomic mass is 10.2. The van der Waals surface area contributed by atoms with Gasteiger partial charge in [0.05, 0.1) is 0 Å². The second-order valence-electron chi connectivity index (χ2n) is 4.66. The van der Waals surface area contributed by atoms with Gasteiger partial charge in [-0.05, 0) is 25.3 Å². The average Bonchev–Trinajstić information content (AvgIpc) is 3.01.